The minimum absolute atomic E-state index is 0.0542. The molecule has 0 unspecified atom stereocenters. The van der Waals surface area contributed by atoms with E-state index in [1.807, 2.05) is 26.8 Å². The van der Waals surface area contributed by atoms with E-state index in [2.05, 4.69) is 10.3 Å². The number of thiophene rings is 1. The number of fused-ring (bicyclic) bond motifs is 1. The Kier molecular flexibility index (Phi) is 6.08. The molecule has 2 heterocycles. The number of carbonyl (C=O) groups excluding carboxylic acids is 1. The fraction of sp³-hybridized carbons (Fsp3) is 0.263. The minimum atomic E-state index is -0.306. The topological polar surface area (TPSA) is 87.8 Å². The number of thioether (sulfide) groups is 1. The quantitative estimate of drug-likeness (QED) is 0.478. The summed E-state index contributed by atoms with van der Waals surface area (Å²) in [6.07, 6.45) is 0. The first kappa shape index (κ1) is 20.4. The van der Waals surface area contributed by atoms with E-state index >= 15 is 0 Å². The van der Waals surface area contributed by atoms with Crippen molar-refractivity contribution in [3.8, 4) is 6.07 Å². The monoisotopic (exact) mass is 432 g/mol. The van der Waals surface area contributed by atoms with Crippen molar-refractivity contribution >= 4 is 56.5 Å². The second-order valence-electron chi connectivity index (χ2n) is 6.05. The van der Waals surface area contributed by atoms with Crippen LogP contribution in [-0.2, 0) is 11.3 Å². The molecule has 0 saturated carbocycles. The minimum Gasteiger partial charge on any atom is -0.324 e. The second kappa shape index (κ2) is 8.35. The van der Waals surface area contributed by atoms with Crippen molar-refractivity contribution in [2.75, 3.05) is 11.1 Å². The molecule has 1 aromatic carbocycles. The predicted molar refractivity (Wildman–Crippen MR) is 115 cm³/mol. The lowest BCUT2D eigenvalue weighted by Crippen LogP contribution is -2.23. The van der Waals surface area contributed by atoms with Gasteiger partial charge in [0.15, 0.2) is 5.16 Å². The third-order valence-corrected chi connectivity index (χ3v) is 6.59. The van der Waals surface area contributed by atoms with E-state index in [-0.39, 0.29) is 17.2 Å². The van der Waals surface area contributed by atoms with Crippen molar-refractivity contribution in [2.45, 2.75) is 32.5 Å². The number of halogens is 1. The number of nitriles is 1. The van der Waals surface area contributed by atoms with Gasteiger partial charge < -0.3 is 5.32 Å². The largest absolute Gasteiger partial charge is 0.324 e. The molecule has 1 amide bonds. The number of hydrogen-bond acceptors (Lipinski definition) is 6. The number of nitrogens with one attached hydrogen (secondary N) is 1. The molecule has 0 bridgehead atoms. The molecule has 2 aromatic heterocycles. The molecule has 0 fully saturated rings. The molecular weight excluding hydrogens is 416 g/mol. The fourth-order valence-corrected chi connectivity index (χ4v) is 4.84. The maximum Gasteiger partial charge on any atom is 0.263 e. The van der Waals surface area contributed by atoms with Crippen LogP contribution in [0.15, 0.2) is 28.2 Å². The Bertz CT molecular complexity index is 1180. The third-order valence-electron chi connectivity index (χ3n) is 4.28. The van der Waals surface area contributed by atoms with Crippen LogP contribution in [0, 0.1) is 25.2 Å². The van der Waals surface area contributed by atoms with E-state index in [1.54, 1.807) is 16.7 Å². The van der Waals surface area contributed by atoms with Crippen LogP contribution in [0.2, 0.25) is 5.02 Å². The lowest BCUT2D eigenvalue weighted by molar-refractivity contribution is -0.113. The standard InChI is InChI=1S/C19H17ClN4O2S2/c1-4-24-18(26)16-10(2)11(3)28-17(16)23-19(24)27-9-15(25)22-14-7-13(20)6-5-12(14)8-21/h5-7H,4,9H2,1-3H3,(H,22,25). The molecule has 9 heteroatoms. The molecular formula is C19H17ClN4O2S2. The van der Waals surface area contributed by atoms with Gasteiger partial charge in [-0.15, -0.1) is 11.3 Å². The number of benzene rings is 1. The average Bonchev–Trinajstić information content (AvgIpc) is 2.94. The average molecular weight is 433 g/mol. The molecule has 3 aromatic rings. The maximum absolute atomic E-state index is 12.8. The van der Waals surface area contributed by atoms with Crippen LogP contribution in [0.5, 0.6) is 0 Å². The summed E-state index contributed by atoms with van der Waals surface area (Å²) >= 11 is 8.62. The first-order valence-corrected chi connectivity index (χ1v) is 10.7. The number of rotatable bonds is 5. The van der Waals surface area contributed by atoms with Gasteiger partial charge in [-0.1, -0.05) is 23.4 Å². The SMILES string of the molecule is CCn1c(SCC(=O)Nc2cc(Cl)ccc2C#N)nc2sc(C)c(C)c2c1=O. The van der Waals surface area contributed by atoms with Gasteiger partial charge in [0, 0.05) is 16.4 Å². The highest BCUT2D eigenvalue weighted by atomic mass is 35.5. The van der Waals surface area contributed by atoms with Gasteiger partial charge in [0.2, 0.25) is 5.91 Å². The Morgan fingerprint density at radius 3 is 2.86 bits per heavy atom. The predicted octanol–water partition coefficient (Wildman–Crippen LogP) is 4.35. The first-order chi connectivity index (χ1) is 13.3. The van der Waals surface area contributed by atoms with Crippen LogP contribution in [-0.4, -0.2) is 21.2 Å². The smallest absolute Gasteiger partial charge is 0.263 e. The van der Waals surface area contributed by atoms with Crippen molar-refractivity contribution in [1.82, 2.24) is 9.55 Å². The van der Waals surface area contributed by atoms with E-state index in [9.17, 15) is 9.59 Å². The Balaban J connectivity index is 1.84. The summed E-state index contributed by atoms with van der Waals surface area (Å²) in [6.45, 7) is 6.23. The molecule has 28 heavy (non-hydrogen) atoms. The molecule has 0 aliphatic rings. The van der Waals surface area contributed by atoms with Crippen molar-refractivity contribution in [1.29, 1.82) is 5.26 Å². The van der Waals surface area contributed by atoms with E-state index in [0.717, 1.165) is 10.4 Å². The van der Waals surface area contributed by atoms with Crippen LogP contribution in [0.3, 0.4) is 0 Å². The van der Waals surface area contributed by atoms with Crippen molar-refractivity contribution in [3.05, 3.63) is 49.6 Å². The first-order valence-electron chi connectivity index (χ1n) is 8.48. The maximum atomic E-state index is 12.8. The summed E-state index contributed by atoms with van der Waals surface area (Å²) in [6, 6.07) is 6.70. The van der Waals surface area contributed by atoms with Gasteiger partial charge in [-0.2, -0.15) is 5.26 Å². The van der Waals surface area contributed by atoms with Crippen molar-refractivity contribution in [3.63, 3.8) is 0 Å². The van der Waals surface area contributed by atoms with E-state index in [4.69, 9.17) is 16.9 Å². The highest BCUT2D eigenvalue weighted by Gasteiger charge is 2.17. The van der Waals surface area contributed by atoms with E-state index in [0.29, 0.717) is 38.2 Å². The van der Waals surface area contributed by atoms with Crippen LogP contribution >= 0.6 is 34.7 Å². The Hall–Kier alpha value is -2.34. The number of anilines is 1. The zero-order valence-corrected chi connectivity index (χ0v) is 17.9. The van der Waals surface area contributed by atoms with Gasteiger partial charge in [0.25, 0.3) is 5.56 Å². The number of amides is 1. The van der Waals surface area contributed by atoms with Gasteiger partial charge in [0.1, 0.15) is 10.9 Å². The summed E-state index contributed by atoms with van der Waals surface area (Å²) in [5.74, 6) is -0.252. The van der Waals surface area contributed by atoms with Gasteiger partial charge in [-0.05, 0) is 44.5 Å². The van der Waals surface area contributed by atoms with Crippen molar-refractivity contribution < 1.29 is 4.79 Å². The summed E-state index contributed by atoms with van der Waals surface area (Å²) in [7, 11) is 0. The second-order valence-corrected chi connectivity index (χ2v) is 8.63. The molecule has 6 nitrogen and oxygen atoms in total. The molecule has 0 spiro atoms. The van der Waals surface area contributed by atoms with Gasteiger partial charge in [-0.25, -0.2) is 4.98 Å². The van der Waals surface area contributed by atoms with Crippen molar-refractivity contribution in [2.24, 2.45) is 0 Å². The number of hydrogen-bond donors (Lipinski definition) is 1. The fourth-order valence-electron chi connectivity index (χ4n) is 2.73. The van der Waals surface area contributed by atoms with Crippen LogP contribution in [0.4, 0.5) is 5.69 Å². The molecule has 0 atom stereocenters. The summed E-state index contributed by atoms with van der Waals surface area (Å²) < 4.78 is 1.58. The highest BCUT2D eigenvalue weighted by molar-refractivity contribution is 7.99. The highest BCUT2D eigenvalue weighted by Crippen LogP contribution is 2.28. The zero-order valence-electron chi connectivity index (χ0n) is 15.5. The summed E-state index contributed by atoms with van der Waals surface area (Å²) in [5, 5.41) is 13.4. The lowest BCUT2D eigenvalue weighted by atomic mass is 10.2. The number of aryl methyl sites for hydroxylation is 2. The molecule has 3 rings (SSSR count). The normalized spacial score (nSPS) is 10.8. The van der Waals surface area contributed by atoms with Crippen LogP contribution < -0.4 is 10.9 Å². The number of carbonyl (C=O) groups is 1. The van der Waals surface area contributed by atoms with Gasteiger partial charge in [0.05, 0.1) is 22.4 Å². The molecule has 1 N–H and O–H groups in total. The molecule has 0 radical (unpaired) electrons. The molecule has 0 aliphatic heterocycles. The van der Waals surface area contributed by atoms with Crippen LogP contribution in [0.1, 0.15) is 22.9 Å². The summed E-state index contributed by atoms with van der Waals surface area (Å²) in [4.78, 5) is 31.6. The van der Waals surface area contributed by atoms with Gasteiger partial charge >= 0.3 is 0 Å². The van der Waals surface area contributed by atoms with Crippen LogP contribution in [0.25, 0.3) is 10.2 Å². The Morgan fingerprint density at radius 1 is 1.43 bits per heavy atom. The molecule has 0 aliphatic carbocycles. The zero-order chi connectivity index (χ0) is 20.4. The van der Waals surface area contributed by atoms with E-state index in [1.165, 1.54) is 29.2 Å². The lowest BCUT2D eigenvalue weighted by Gasteiger charge is -2.11. The molecule has 0 saturated heterocycles. The van der Waals surface area contributed by atoms with E-state index < -0.39 is 0 Å². The Morgan fingerprint density at radius 2 is 2.18 bits per heavy atom. The Labute approximate surface area is 175 Å². The summed E-state index contributed by atoms with van der Waals surface area (Å²) in [5.41, 5.74) is 1.57. The number of aromatic nitrogens is 2. The molecule has 144 valence electrons. The van der Waals surface area contributed by atoms with Gasteiger partial charge in [-0.3, -0.25) is 14.2 Å². The third kappa shape index (κ3) is 3.92. The number of nitrogens with zero attached hydrogens (tertiary/aromatic N) is 3.